The van der Waals surface area contributed by atoms with Crippen LogP contribution < -0.4 is 5.73 Å². The molecule has 1 fully saturated rings. The van der Waals surface area contributed by atoms with E-state index >= 15 is 0 Å². The zero-order chi connectivity index (χ0) is 11.2. The molecular formula is C12H19N3O. The first-order chi connectivity index (χ1) is 7.88. The van der Waals surface area contributed by atoms with Crippen molar-refractivity contribution >= 4 is 0 Å². The molecule has 0 aromatic carbocycles. The molecule has 4 heteroatoms. The van der Waals surface area contributed by atoms with Gasteiger partial charge < -0.3 is 10.5 Å². The topological polar surface area (TPSA) is 51.4 Å². The molecule has 0 aliphatic carbocycles. The van der Waals surface area contributed by atoms with E-state index in [1.165, 1.54) is 5.56 Å². The van der Waals surface area contributed by atoms with Crippen LogP contribution in [0.4, 0.5) is 0 Å². The highest BCUT2D eigenvalue weighted by Crippen LogP contribution is 2.06. The largest absolute Gasteiger partial charge is 0.374 e. The molecule has 0 radical (unpaired) electrons. The lowest BCUT2D eigenvalue weighted by molar-refractivity contribution is -0.0226. The fourth-order valence-electron chi connectivity index (χ4n) is 1.96. The van der Waals surface area contributed by atoms with Gasteiger partial charge in [0.15, 0.2) is 0 Å². The molecule has 1 unspecified atom stereocenters. The van der Waals surface area contributed by atoms with Gasteiger partial charge in [-0.3, -0.25) is 9.88 Å². The molecule has 1 atom stereocenters. The van der Waals surface area contributed by atoms with Crippen molar-refractivity contribution in [3.63, 3.8) is 0 Å². The number of nitrogens with zero attached hydrogens (tertiary/aromatic N) is 2. The summed E-state index contributed by atoms with van der Waals surface area (Å²) in [5, 5.41) is 0. The standard InChI is InChI=1S/C12H19N3O/c13-9-12-10-15(7-8-16-12)6-3-11-1-4-14-5-2-11/h1-2,4-5,12H,3,6-10,13H2. The molecule has 1 aromatic heterocycles. The predicted octanol–water partition coefficient (Wildman–Crippen LogP) is 0.284. The Bertz CT molecular complexity index is 304. The van der Waals surface area contributed by atoms with Gasteiger partial charge in [0, 0.05) is 38.6 Å². The smallest absolute Gasteiger partial charge is 0.0824 e. The fraction of sp³-hybridized carbons (Fsp3) is 0.583. The van der Waals surface area contributed by atoms with Gasteiger partial charge >= 0.3 is 0 Å². The van der Waals surface area contributed by atoms with E-state index in [9.17, 15) is 0 Å². The first-order valence-electron chi connectivity index (χ1n) is 5.81. The van der Waals surface area contributed by atoms with Gasteiger partial charge in [-0.1, -0.05) is 0 Å². The van der Waals surface area contributed by atoms with E-state index in [1.807, 2.05) is 12.4 Å². The van der Waals surface area contributed by atoms with Crippen molar-refractivity contribution in [1.29, 1.82) is 0 Å². The Balaban J connectivity index is 1.77. The van der Waals surface area contributed by atoms with E-state index in [1.54, 1.807) is 0 Å². The predicted molar refractivity (Wildman–Crippen MR) is 63.2 cm³/mol. The van der Waals surface area contributed by atoms with Crippen LogP contribution in [-0.2, 0) is 11.2 Å². The first kappa shape index (κ1) is 11.5. The van der Waals surface area contributed by atoms with Crippen LogP contribution >= 0.6 is 0 Å². The molecule has 0 bridgehead atoms. The van der Waals surface area contributed by atoms with Crippen LogP contribution in [0.15, 0.2) is 24.5 Å². The second-order valence-electron chi connectivity index (χ2n) is 4.13. The highest BCUT2D eigenvalue weighted by Gasteiger charge is 2.18. The summed E-state index contributed by atoms with van der Waals surface area (Å²) in [6.45, 7) is 4.47. The Kier molecular flexibility index (Phi) is 4.27. The third-order valence-electron chi connectivity index (χ3n) is 2.95. The maximum Gasteiger partial charge on any atom is 0.0824 e. The Morgan fingerprint density at radius 1 is 1.44 bits per heavy atom. The van der Waals surface area contributed by atoms with E-state index in [-0.39, 0.29) is 6.10 Å². The number of pyridine rings is 1. The lowest BCUT2D eigenvalue weighted by Gasteiger charge is -2.32. The molecule has 1 saturated heterocycles. The molecule has 2 N–H and O–H groups in total. The zero-order valence-electron chi connectivity index (χ0n) is 9.51. The van der Waals surface area contributed by atoms with Crippen molar-refractivity contribution in [2.24, 2.45) is 5.73 Å². The van der Waals surface area contributed by atoms with E-state index in [0.29, 0.717) is 6.54 Å². The second kappa shape index (κ2) is 5.94. The number of hydrogen-bond acceptors (Lipinski definition) is 4. The van der Waals surface area contributed by atoms with Gasteiger partial charge in [0.2, 0.25) is 0 Å². The Morgan fingerprint density at radius 3 is 3.00 bits per heavy atom. The van der Waals surface area contributed by atoms with Gasteiger partial charge in [-0.2, -0.15) is 0 Å². The van der Waals surface area contributed by atoms with Crippen LogP contribution in [0.2, 0.25) is 0 Å². The molecule has 1 aromatic rings. The van der Waals surface area contributed by atoms with E-state index in [0.717, 1.165) is 32.7 Å². The monoisotopic (exact) mass is 221 g/mol. The summed E-state index contributed by atoms with van der Waals surface area (Å²) in [4.78, 5) is 6.43. The summed E-state index contributed by atoms with van der Waals surface area (Å²) in [6.07, 6.45) is 4.97. The summed E-state index contributed by atoms with van der Waals surface area (Å²) in [6, 6.07) is 4.14. The molecule has 16 heavy (non-hydrogen) atoms. The van der Waals surface area contributed by atoms with Crippen molar-refractivity contribution in [2.75, 3.05) is 32.8 Å². The molecule has 2 heterocycles. The molecule has 2 rings (SSSR count). The number of ether oxygens (including phenoxy) is 1. The van der Waals surface area contributed by atoms with Crippen molar-refractivity contribution < 1.29 is 4.74 Å². The van der Waals surface area contributed by atoms with E-state index in [4.69, 9.17) is 10.5 Å². The van der Waals surface area contributed by atoms with Gasteiger partial charge in [-0.15, -0.1) is 0 Å². The van der Waals surface area contributed by atoms with Gasteiger partial charge in [-0.25, -0.2) is 0 Å². The highest BCUT2D eigenvalue weighted by molar-refractivity contribution is 5.09. The number of hydrogen-bond donors (Lipinski definition) is 1. The highest BCUT2D eigenvalue weighted by atomic mass is 16.5. The van der Waals surface area contributed by atoms with Crippen molar-refractivity contribution in [3.8, 4) is 0 Å². The minimum Gasteiger partial charge on any atom is -0.374 e. The summed E-state index contributed by atoms with van der Waals surface area (Å²) >= 11 is 0. The molecule has 1 aliphatic heterocycles. The van der Waals surface area contributed by atoms with E-state index < -0.39 is 0 Å². The van der Waals surface area contributed by atoms with Crippen molar-refractivity contribution in [2.45, 2.75) is 12.5 Å². The molecule has 4 nitrogen and oxygen atoms in total. The SMILES string of the molecule is NCC1CN(CCc2ccncc2)CCO1. The lowest BCUT2D eigenvalue weighted by atomic mass is 10.2. The lowest BCUT2D eigenvalue weighted by Crippen LogP contribution is -2.46. The maximum atomic E-state index is 5.61. The van der Waals surface area contributed by atoms with Crippen molar-refractivity contribution in [3.05, 3.63) is 30.1 Å². The summed E-state index contributed by atoms with van der Waals surface area (Å²) < 4.78 is 5.53. The molecule has 1 aliphatic rings. The zero-order valence-corrected chi connectivity index (χ0v) is 9.51. The van der Waals surface area contributed by atoms with Crippen molar-refractivity contribution in [1.82, 2.24) is 9.88 Å². The Morgan fingerprint density at radius 2 is 2.25 bits per heavy atom. The Labute approximate surface area is 96.4 Å². The van der Waals surface area contributed by atoms with Crippen LogP contribution in [0.25, 0.3) is 0 Å². The first-order valence-corrected chi connectivity index (χ1v) is 5.81. The minimum absolute atomic E-state index is 0.214. The minimum atomic E-state index is 0.214. The number of morpholine rings is 1. The molecule has 0 amide bonds. The molecular weight excluding hydrogens is 202 g/mol. The van der Waals surface area contributed by atoms with Crippen LogP contribution in [0.3, 0.4) is 0 Å². The van der Waals surface area contributed by atoms with Crippen LogP contribution in [0.1, 0.15) is 5.56 Å². The average molecular weight is 221 g/mol. The second-order valence-corrected chi connectivity index (χ2v) is 4.13. The van der Waals surface area contributed by atoms with Gasteiger partial charge in [0.1, 0.15) is 0 Å². The quantitative estimate of drug-likeness (QED) is 0.793. The van der Waals surface area contributed by atoms with Crippen LogP contribution in [0, 0.1) is 0 Å². The third kappa shape index (κ3) is 3.27. The van der Waals surface area contributed by atoms with E-state index in [2.05, 4.69) is 22.0 Å². The Hall–Kier alpha value is -0.970. The van der Waals surface area contributed by atoms with Gasteiger partial charge in [0.05, 0.1) is 12.7 Å². The van der Waals surface area contributed by atoms with Crippen LogP contribution in [-0.4, -0.2) is 48.8 Å². The summed E-state index contributed by atoms with van der Waals surface area (Å²) in [5.74, 6) is 0. The number of aromatic nitrogens is 1. The maximum absolute atomic E-state index is 5.61. The molecule has 0 saturated carbocycles. The third-order valence-corrected chi connectivity index (χ3v) is 2.95. The van der Waals surface area contributed by atoms with Gasteiger partial charge in [0.25, 0.3) is 0 Å². The number of nitrogens with two attached hydrogens (primary N) is 1. The van der Waals surface area contributed by atoms with Gasteiger partial charge in [-0.05, 0) is 24.1 Å². The average Bonchev–Trinajstić information content (AvgIpc) is 2.38. The number of rotatable bonds is 4. The van der Waals surface area contributed by atoms with Crippen LogP contribution in [0.5, 0.6) is 0 Å². The molecule has 0 spiro atoms. The fourth-order valence-corrected chi connectivity index (χ4v) is 1.96. The normalized spacial score (nSPS) is 22.2. The summed E-state index contributed by atoms with van der Waals surface area (Å²) in [7, 11) is 0. The molecule has 88 valence electrons. The summed E-state index contributed by atoms with van der Waals surface area (Å²) in [5.41, 5.74) is 6.95.